The molecule has 1 aromatic rings. The Balaban J connectivity index is 3.15. The maximum absolute atomic E-state index is 12.1. The number of allylic oxidation sites excluding steroid dienone is 1. The number of esters is 2. The quantitative estimate of drug-likeness (QED) is 0.459. The smallest absolute Gasteiger partial charge is 0.324 e. The van der Waals surface area contributed by atoms with Crippen LogP contribution in [0.5, 0.6) is 0 Å². The third kappa shape index (κ3) is 3.09. The molecule has 0 aliphatic carbocycles. The molecule has 20 heavy (non-hydrogen) atoms. The van der Waals surface area contributed by atoms with Crippen molar-refractivity contribution in [2.24, 2.45) is 5.41 Å². The molecular weight excluding hydrogens is 276 g/mol. The first-order chi connectivity index (χ1) is 9.51. The molecule has 0 saturated heterocycles. The van der Waals surface area contributed by atoms with Crippen LogP contribution in [0, 0.1) is 17.8 Å². The Labute approximate surface area is 122 Å². The first-order valence-electron chi connectivity index (χ1n) is 5.83. The molecule has 0 spiro atoms. The van der Waals surface area contributed by atoms with Crippen LogP contribution in [0.25, 0.3) is 5.57 Å². The Kier molecular flexibility index (Phi) is 5.53. The fourth-order valence-corrected chi connectivity index (χ4v) is 2.63. The van der Waals surface area contributed by atoms with Crippen molar-refractivity contribution >= 4 is 28.8 Å². The zero-order valence-electron chi connectivity index (χ0n) is 11.5. The van der Waals surface area contributed by atoms with E-state index in [9.17, 15) is 9.59 Å². The van der Waals surface area contributed by atoms with Gasteiger partial charge in [-0.1, -0.05) is 12.6 Å². The maximum Gasteiger partial charge on any atom is 0.324 e. The van der Waals surface area contributed by atoms with E-state index in [-0.39, 0.29) is 12.8 Å². The molecule has 1 heterocycles. The summed E-state index contributed by atoms with van der Waals surface area (Å²) in [5.74, 6) is 0.934. The highest BCUT2D eigenvalue weighted by atomic mass is 32.1. The molecule has 0 saturated carbocycles. The van der Waals surface area contributed by atoms with Crippen LogP contribution >= 0.6 is 11.3 Å². The van der Waals surface area contributed by atoms with Crippen molar-refractivity contribution in [1.82, 2.24) is 0 Å². The van der Waals surface area contributed by atoms with E-state index in [1.807, 2.05) is 17.5 Å². The summed E-state index contributed by atoms with van der Waals surface area (Å²) >= 11 is 1.47. The highest BCUT2D eigenvalue weighted by molar-refractivity contribution is 7.11. The zero-order chi connectivity index (χ0) is 15.2. The van der Waals surface area contributed by atoms with E-state index in [1.165, 1.54) is 25.6 Å². The molecule has 0 atom stereocenters. The molecule has 5 heteroatoms. The van der Waals surface area contributed by atoms with Crippen molar-refractivity contribution in [2.75, 3.05) is 14.2 Å². The van der Waals surface area contributed by atoms with Crippen LogP contribution in [0.1, 0.15) is 17.7 Å². The molecule has 0 unspecified atom stereocenters. The van der Waals surface area contributed by atoms with Crippen molar-refractivity contribution in [3.05, 3.63) is 29.0 Å². The molecule has 1 rings (SSSR count). The lowest BCUT2D eigenvalue weighted by molar-refractivity contribution is -0.168. The second kappa shape index (κ2) is 6.92. The minimum Gasteiger partial charge on any atom is -0.468 e. The number of terminal acetylenes is 1. The molecule has 0 radical (unpaired) electrons. The summed E-state index contributed by atoms with van der Waals surface area (Å²) in [7, 11) is 2.43. The first-order valence-corrected chi connectivity index (χ1v) is 6.71. The van der Waals surface area contributed by atoms with E-state index in [4.69, 9.17) is 15.9 Å². The van der Waals surface area contributed by atoms with Crippen LogP contribution in [-0.2, 0) is 19.1 Å². The highest BCUT2D eigenvalue weighted by Gasteiger charge is 2.48. The first kappa shape index (κ1) is 16.0. The number of thiophene rings is 1. The van der Waals surface area contributed by atoms with E-state index in [0.717, 1.165) is 4.88 Å². The van der Waals surface area contributed by atoms with Crippen LogP contribution < -0.4 is 0 Å². The van der Waals surface area contributed by atoms with E-state index in [2.05, 4.69) is 12.5 Å². The number of carbonyl (C=O) groups excluding carboxylic acids is 2. The summed E-state index contributed by atoms with van der Waals surface area (Å²) in [5.41, 5.74) is -0.898. The Morgan fingerprint density at radius 1 is 1.40 bits per heavy atom. The summed E-state index contributed by atoms with van der Waals surface area (Å²) in [6.45, 7) is 3.92. The molecule has 0 bridgehead atoms. The van der Waals surface area contributed by atoms with Gasteiger partial charge < -0.3 is 9.47 Å². The van der Waals surface area contributed by atoms with Crippen molar-refractivity contribution in [3.63, 3.8) is 0 Å². The summed E-state index contributed by atoms with van der Waals surface area (Å²) in [6, 6.07) is 3.73. The van der Waals surface area contributed by atoms with Gasteiger partial charge in [-0.25, -0.2) is 0 Å². The van der Waals surface area contributed by atoms with Crippen LogP contribution in [0.3, 0.4) is 0 Å². The predicted octanol–water partition coefficient (Wildman–Crippen LogP) is 2.51. The van der Waals surface area contributed by atoms with E-state index in [1.54, 1.807) is 0 Å². The normalized spacial score (nSPS) is 10.4. The third-order valence-electron chi connectivity index (χ3n) is 2.94. The number of ether oxygens (including phenoxy) is 2. The van der Waals surface area contributed by atoms with Gasteiger partial charge in [-0.05, 0) is 17.0 Å². The van der Waals surface area contributed by atoms with Gasteiger partial charge in [0.05, 0.1) is 14.2 Å². The molecule has 0 aliphatic heterocycles. The van der Waals surface area contributed by atoms with Gasteiger partial charge in [0, 0.05) is 17.7 Å². The Morgan fingerprint density at radius 3 is 2.40 bits per heavy atom. The van der Waals surface area contributed by atoms with E-state index < -0.39 is 17.4 Å². The molecule has 0 N–H and O–H groups in total. The lowest BCUT2D eigenvalue weighted by Crippen LogP contribution is -2.41. The monoisotopic (exact) mass is 292 g/mol. The topological polar surface area (TPSA) is 52.6 Å². The maximum atomic E-state index is 12.1. The number of rotatable bonds is 6. The van der Waals surface area contributed by atoms with Gasteiger partial charge in [0.25, 0.3) is 0 Å². The van der Waals surface area contributed by atoms with Crippen LogP contribution in [0.4, 0.5) is 0 Å². The fraction of sp³-hybridized carbons (Fsp3) is 0.333. The molecule has 0 fully saturated rings. The van der Waals surface area contributed by atoms with Gasteiger partial charge in [0.2, 0.25) is 0 Å². The molecular formula is C15H16O4S. The van der Waals surface area contributed by atoms with E-state index in [0.29, 0.717) is 5.57 Å². The van der Waals surface area contributed by atoms with E-state index >= 15 is 0 Å². The van der Waals surface area contributed by atoms with Gasteiger partial charge in [-0.2, -0.15) is 0 Å². The average Bonchev–Trinajstić information content (AvgIpc) is 2.99. The second-order valence-corrected chi connectivity index (χ2v) is 5.15. The van der Waals surface area contributed by atoms with Gasteiger partial charge in [-0.3, -0.25) is 9.59 Å². The Morgan fingerprint density at radius 2 is 2.00 bits per heavy atom. The molecule has 4 nitrogen and oxygen atoms in total. The van der Waals surface area contributed by atoms with Crippen molar-refractivity contribution in [3.8, 4) is 12.3 Å². The lowest BCUT2D eigenvalue weighted by atomic mass is 9.78. The summed E-state index contributed by atoms with van der Waals surface area (Å²) in [6.07, 6.45) is 5.27. The van der Waals surface area contributed by atoms with Gasteiger partial charge in [0.1, 0.15) is 0 Å². The molecule has 106 valence electrons. The number of hydrogen-bond donors (Lipinski definition) is 0. The minimum absolute atomic E-state index is 0.0665. The summed E-state index contributed by atoms with van der Waals surface area (Å²) in [4.78, 5) is 25.0. The van der Waals surface area contributed by atoms with Crippen molar-refractivity contribution in [1.29, 1.82) is 0 Å². The minimum atomic E-state index is -1.54. The molecule has 0 amide bonds. The number of methoxy groups -OCH3 is 2. The molecule has 0 aromatic carbocycles. The van der Waals surface area contributed by atoms with Crippen LogP contribution in [-0.4, -0.2) is 26.2 Å². The largest absolute Gasteiger partial charge is 0.468 e. The van der Waals surface area contributed by atoms with Gasteiger partial charge in [-0.15, -0.1) is 23.7 Å². The highest BCUT2D eigenvalue weighted by Crippen LogP contribution is 2.37. The van der Waals surface area contributed by atoms with Crippen molar-refractivity contribution < 1.29 is 19.1 Å². The third-order valence-corrected chi connectivity index (χ3v) is 3.91. The molecule has 0 aliphatic rings. The Hall–Kier alpha value is -2.06. The van der Waals surface area contributed by atoms with Crippen LogP contribution in [0.15, 0.2) is 24.1 Å². The van der Waals surface area contributed by atoms with Crippen LogP contribution in [0.2, 0.25) is 0 Å². The average molecular weight is 292 g/mol. The van der Waals surface area contributed by atoms with Gasteiger partial charge in [0.15, 0.2) is 5.41 Å². The SMILES string of the molecule is C#CCC(CC(=C)c1cccs1)(C(=O)OC)C(=O)OC. The standard InChI is InChI=1S/C15H16O4S/c1-5-8-15(13(16)18-3,14(17)19-4)10-11(2)12-7-6-9-20-12/h1,6-7,9H,2,8,10H2,3-4H3. The lowest BCUT2D eigenvalue weighted by Gasteiger charge is -2.26. The Bertz CT molecular complexity index is 521. The van der Waals surface area contributed by atoms with Crippen molar-refractivity contribution in [2.45, 2.75) is 12.8 Å². The second-order valence-electron chi connectivity index (χ2n) is 4.20. The zero-order valence-corrected chi connectivity index (χ0v) is 12.3. The summed E-state index contributed by atoms with van der Waals surface area (Å²) in [5, 5.41) is 1.89. The number of hydrogen-bond acceptors (Lipinski definition) is 5. The number of carbonyl (C=O) groups is 2. The summed E-state index contributed by atoms with van der Waals surface area (Å²) < 4.78 is 9.47. The fourth-order valence-electron chi connectivity index (χ4n) is 1.93. The van der Waals surface area contributed by atoms with Gasteiger partial charge >= 0.3 is 11.9 Å². The predicted molar refractivity (Wildman–Crippen MR) is 77.9 cm³/mol. The molecule has 1 aromatic heterocycles.